The van der Waals surface area contributed by atoms with Crippen molar-refractivity contribution in [1.82, 2.24) is 0 Å². The first-order valence-electron chi connectivity index (χ1n) is 7.96. The molecule has 0 saturated heterocycles. The van der Waals surface area contributed by atoms with Crippen LogP contribution in [0, 0.1) is 0 Å². The minimum absolute atomic E-state index is 0.211. The Labute approximate surface area is 142 Å². The first kappa shape index (κ1) is 16.2. The van der Waals surface area contributed by atoms with Gasteiger partial charge in [0, 0.05) is 5.92 Å². The maximum atomic E-state index is 5.47. The fourth-order valence-electron chi connectivity index (χ4n) is 3.02. The van der Waals surface area contributed by atoms with Crippen molar-refractivity contribution in [3.05, 3.63) is 65.7 Å². The van der Waals surface area contributed by atoms with Crippen LogP contribution in [-0.4, -0.2) is 21.3 Å². The second-order valence-corrected chi connectivity index (χ2v) is 5.79. The highest BCUT2D eigenvalue weighted by Gasteiger charge is 2.17. The summed E-state index contributed by atoms with van der Waals surface area (Å²) >= 11 is 0. The summed E-state index contributed by atoms with van der Waals surface area (Å²) in [5.41, 5.74) is 2.38. The lowest BCUT2D eigenvalue weighted by atomic mass is 9.91. The normalized spacial score (nSPS) is 12.0. The van der Waals surface area contributed by atoms with Crippen LogP contribution in [0.3, 0.4) is 0 Å². The topological polar surface area (TPSA) is 27.7 Å². The molecule has 0 aromatic heterocycles. The van der Waals surface area contributed by atoms with E-state index in [2.05, 4.69) is 49.4 Å². The summed E-state index contributed by atoms with van der Waals surface area (Å²) in [5, 5.41) is 2.49. The number of benzene rings is 3. The van der Waals surface area contributed by atoms with E-state index in [0.717, 1.165) is 5.56 Å². The second kappa shape index (κ2) is 6.83. The van der Waals surface area contributed by atoms with Crippen LogP contribution in [0.25, 0.3) is 10.8 Å². The average molecular weight is 322 g/mol. The molecule has 3 heteroatoms. The van der Waals surface area contributed by atoms with Crippen molar-refractivity contribution in [1.29, 1.82) is 0 Å². The standard InChI is InChI=1S/C21H22O3/c1-14(16-10-9-15-7-5-6-8-17(15)11-16)18-12-19(22-2)21(24-4)20(13-18)23-3/h5-14H,1-4H3. The maximum Gasteiger partial charge on any atom is 0.203 e. The number of rotatable bonds is 5. The molecular formula is C21H22O3. The Kier molecular flexibility index (Phi) is 4.61. The quantitative estimate of drug-likeness (QED) is 0.660. The van der Waals surface area contributed by atoms with Gasteiger partial charge in [0.1, 0.15) is 0 Å². The van der Waals surface area contributed by atoms with Crippen molar-refractivity contribution in [2.45, 2.75) is 12.8 Å². The number of methoxy groups -OCH3 is 3. The van der Waals surface area contributed by atoms with E-state index in [-0.39, 0.29) is 5.92 Å². The van der Waals surface area contributed by atoms with Gasteiger partial charge in [-0.15, -0.1) is 0 Å². The lowest BCUT2D eigenvalue weighted by Crippen LogP contribution is -2.01. The third kappa shape index (κ3) is 2.90. The largest absolute Gasteiger partial charge is 0.493 e. The highest BCUT2D eigenvalue weighted by molar-refractivity contribution is 5.83. The van der Waals surface area contributed by atoms with E-state index in [9.17, 15) is 0 Å². The van der Waals surface area contributed by atoms with Gasteiger partial charge in [-0.3, -0.25) is 0 Å². The predicted octanol–water partition coefficient (Wildman–Crippen LogP) is 5.02. The van der Waals surface area contributed by atoms with Crippen LogP contribution in [0.5, 0.6) is 17.2 Å². The van der Waals surface area contributed by atoms with E-state index in [1.807, 2.05) is 12.1 Å². The van der Waals surface area contributed by atoms with Crippen LogP contribution in [0.15, 0.2) is 54.6 Å². The number of ether oxygens (including phenoxy) is 3. The number of hydrogen-bond acceptors (Lipinski definition) is 3. The molecule has 0 aliphatic heterocycles. The second-order valence-electron chi connectivity index (χ2n) is 5.79. The molecule has 0 aliphatic carbocycles. The van der Waals surface area contributed by atoms with Gasteiger partial charge in [0.15, 0.2) is 11.5 Å². The van der Waals surface area contributed by atoms with Gasteiger partial charge in [-0.05, 0) is 34.0 Å². The van der Waals surface area contributed by atoms with Crippen molar-refractivity contribution >= 4 is 10.8 Å². The minimum atomic E-state index is 0.211. The van der Waals surface area contributed by atoms with E-state index in [1.165, 1.54) is 16.3 Å². The molecule has 0 heterocycles. The highest BCUT2D eigenvalue weighted by atomic mass is 16.5. The molecule has 1 atom stereocenters. The van der Waals surface area contributed by atoms with E-state index >= 15 is 0 Å². The van der Waals surface area contributed by atoms with Crippen LogP contribution in [-0.2, 0) is 0 Å². The lowest BCUT2D eigenvalue weighted by Gasteiger charge is -2.18. The third-order valence-corrected chi connectivity index (χ3v) is 4.46. The van der Waals surface area contributed by atoms with Crippen molar-refractivity contribution in [2.75, 3.05) is 21.3 Å². The zero-order valence-corrected chi connectivity index (χ0v) is 14.5. The van der Waals surface area contributed by atoms with Gasteiger partial charge in [-0.1, -0.05) is 49.4 Å². The van der Waals surface area contributed by atoms with Crippen LogP contribution in [0.4, 0.5) is 0 Å². The number of fused-ring (bicyclic) bond motifs is 1. The zero-order chi connectivity index (χ0) is 17.1. The number of hydrogen-bond donors (Lipinski definition) is 0. The van der Waals surface area contributed by atoms with Gasteiger partial charge in [-0.2, -0.15) is 0 Å². The Balaban J connectivity index is 2.06. The SMILES string of the molecule is COc1cc(C(C)c2ccc3ccccc3c2)cc(OC)c1OC. The molecule has 0 radical (unpaired) electrons. The molecular weight excluding hydrogens is 300 g/mol. The van der Waals surface area contributed by atoms with Crippen LogP contribution in [0.1, 0.15) is 24.0 Å². The van der Waals surface area contributed by atoms with E-state index in [0.29, 0.717) is 17.2 Å². The van der Waals surface area contributed by atoms with Crippen LogP contribution in [0.2, 0.25) is 0 Å². The summed E-state index contributed by atoms with van der Waals surface area (Å²) < 4.78 is 16.3. The summed E-state index contributed by atoms with van der Waals surface area (Å²) in [6.45, 7) is 2.19. The maximum absolute atomic E-state index is 5.47. The monoisotopic (exact) mass is 322 g/mol. The highest BCUT2D eigenvalue weighted by Crippen LogP contribution is 2.41. The van der Waals surface area contributed by atoms with E-state index < -0.39 is 0 Å². The molecule has 3 aromatic carbocycles. The summed E-state index contributed by atoms with van der Waals surface area (Å²) in [5.74, 6) is 2.19. The van der Waals surface area contributed by atoms with E-state index in [4.69, 9.17) is 14.2 Å². The molecule has 0 spiro atoms. The van der Waals surface area contributed by atoms with Gasteiger partial charge in [-0.25, -0.2) is 0 Å². The molecule has 0 amide bonds. The van der Waals surface area contributed by atoms with Crippen molar-refractivity contribution in [3.63, 3.8) is 0 Å². The van der Waals surface area contributed by atoms with Gasteiger partial charge in [0.05, 0.1) is 21.3 Å². The summed E-state index contributed by atoms with van der Waals surface area (Å²) in [7, 11) is 4.90. The van der Waals surface area contributed by atoms with Gasteiger partial charge >= 0.3 is 0 Å². The smallest absolute Gasteiger partial charge is 0.203 e. The lowest BCUT2D eigenvalue weighted by molar-refractivity contribution is 0.323. The average Bonchev–Trinajstić information content (AvgIpc) is 2.65. The first-order valence-corrected chi connectivity index (χ1v) is 7.96. The molecule has 3 rings (SSSR count). The fourth-order valence-corrected chi connectivity index (χ4v) is 3.02. The summed E-state index contributed by atoms with van der Waals surface area (Å²) in [6.07, 6.45) is 0. The molecule has 0 saturated carbocycles. The predicted molar refractivity (Wildman–Crippen MR) is 97.6 cm³/mol. The van der Waals surface area contributed by atoms with Crippen LogP contribution < -0.4 is 14.2 Å². The van der Waals surface area contributed by atoms with Gasteiger partial charge in [0.2, 0.25) is 5.75 Å². The summed E-state index contributed by atoms with van der Waals surface area (Å²) in [4.78, 5) is 0. The molecule has 3 aromatic rings. The Morgan fingerprint density at radius 1 is 0.667 bits per heavy atom. The fraction of sp³-hybridized carbons (Fsp3) is 0.238. The molecule has 0 bridgehead atoms. The zero-order valence-electron chi connectivity index (χ0n) is 14.5. The third-order valence-electron chi connectivity index (χ3n) is 4.46. The molecule has 0 fully saturated rings. The van der Waals surface area contributed by atoms with Crippen molar-refractivity contribution in [3.8, 4) is 17.2 Å². The summed E-state index contributed by atoms with van der Waals surface area (Å²) in [6, 6.07) is 19.0. The molecule has 1 unspecified atom stereocenters. The molecule has 0 N–H and O–H groups in total. The first-order chi connectivity index (χ1) is 11.7. The molecule has 0 aliphatic rings. The molecule has 3 nitrogen and oxygen atoms in total. The van der Waals surface area contributed by atoms with E-state index in [1.54, 1.807) is 21.3 Å². The Hall–Kier alpha value is -2.68. The van der Waals surface area contributed by atoms with Crippen molar-refractivity contribution in [2.24, 2.45) is 0 Å². The van der Waals surface area contributed by atoms with Gasteiger partial charge in [0.25, 0.3) is 0 Å². The van der Waals surface area contributed by atoms with Crippen LogP contribution >= 0.6 is 0 Å². The van der Waals surface area contributed by atoms with Crippen molar-refractivity contribution < 1.29 is 14.2 Å². The molecule has 24 heavy (non-hydrogen) atoms. The molecule has 124 valence electrons. The Morgan fingerprint density at radius 3 is 1.88 bits per heavy atom. The Morgan fingerprint density at radius 2 is 1.29 bits per heavy atom. The minimum Gasteiger partial charge on any atom is -0.493 e. The van der Waals surface area contributed by atoms with Gasteiger partial charge < -0.3 is 14.2 Å². The Bertz CT molecular complexity index is 830.